The van der Waals surface area contributed by atoms with Crippen molar-refractivity contribution < 1.29 is 4.79 Å². The van der Waals surface area contributed by atoms with Crippen LogP contribution in [0, 0.1) is 6.92 Å². The molecule has 0 aliphatic rings. The van der Waals surface area contributed by atoms with Gasteiger partial charge in [-0.05, 0) is 47.5 Å². The molecule has 4 aromatic rings. The van der Waals surface area contributed by atoms with E-state index >= 15 is 0 Å². The molecule has 0 aliphatic heterocycles. The molecule has 0 fully saturated rings. The molecule has 140 valence electrons. The van der Waals surface area contributed by atoms with Gasteiger partial charge in [-0.1, -0.05) is 24.3 Å². The fourth-order valence-electron chi connectivity index (χ4n) is 3.21. The summed E-state index contributed by atoms with van der Waals surface area (Å²) in [5.41, 5.74) is 2.75. The van der Waals surface area contributed by atoms with E-state index < -0.39 is 0 Å². The highest BCUT2D eigenvalue weighted by molar-refractivity contribution is 7.09. The first-order valence-corrected chi connectivity index (χ1v) is 9.83. The molecule has 0 saturated heterocycles. The monoisotopic (exact) mass is 389 g/mol. The number of aryl methyl sites for hydroxylation is 1. The van der Waals surface area contributed by atoms with Gasteiger partial charge < -0.3 is 9.88 Å². The molecule has 28 heavy (non-hydrogen) atoms. The zero-order valence-electron chi connectivity index (χ0n) is 15.4. The van der Waals surface area contributed by atoms with Crippen molar-refractivity contribution in [3.8, 4) is 0 Å². The lowest BCUT2D eigenvalue weighted by Gasteiger charge is -2.22. The second kappa shape index (κ2) is 7.78. The number of nitrogens with zero attached hydrogens (tertiary/aromatic N) is 2. The number of aromatic amines is 1. The average Bonchev–Trinajstić information content (AvgIpc) is 3.22. The van der Waals surface area contributed by atoms with Gasteiger partial charge >= 0.3 is 0 Å². The van der Waals surface area contributed by atoms with Gasteiger partial charge in [0, 0.05) is 22.8 Å². The van der Waals surface area contributed by atoms with Gasteiger partial charge in [0.2, 0.25) is 0 Å². The first-order valence-electron chi connectivity index (χ1n) is 8.95. The summed E-state index contributed by atoms with van der Waals surface area (Å²) in [5, 5.41) is 2.94. The number of para-hydroxylation sites is 1. The Kier molecular flexibility index (Phi) is 5.04. The molecule has 0 bridgehead atoms. The van der Waals surface area contributed by atoms with Crippen LogP contribution in [0.2, 0.25) is 0 Å². The lowest BCUT2D eigenvalue weighted by molar-refractivity contribution is 0.0731. The molecular formula is C22H19N3O2S. The van der Waals surface area contributed by atoms with E-state index in [4.69, 9.17) is 0 Å². The number of fused-ring (bicyclic) bond motifs is 1. The standard InChI is InChI=1S/C22H19N3O2S/c1-15-5-2-6-16-11-18(21(26)24-20(15)16)13-25(14-19-8-4-10-28-19)22(27)17-7-3-9-23-12-17/h2-12H,13-14H2,1H3,(H,24,26). The van der Waals surface area contributed by atoms with Crippen molar-refractivity contribution in [1.82, 2.24) is 14.9 Å². The molecule has 6 heteroatoms. The number of benzene rings is 1. The number of pyridine rings is 2. The molecule has 5 nitrogen and oxygen atoms in total. The van der Waals surface area contributed by atoms with Gasteiger partial charge in [0.15, 0.2) is 0 Å². The molecule has 3 heterocycles. The minimum Gasteiger partial charge on any atom is -0.329 e. The van der Waals surface area contributed by atoms with E-state index in [0.717, 1.165) is 21.3 Å². The third kappa shape index (κ3) is 3.73. The predicted octanol–water partition coefficient (Wildman–Crippen LogP) is 4.14. The highest BCUT2D eigenvalue weighted by Gasteiger charge is 2.19. The number of H-pyrrole nitrogens is 1. The van der Waals surface area contributed by atoms with Crippen molar-refractivity contribution in [1.29, 1.82) is 0 Å². The largest absolute Gasteiger partial charge is 0.329 e. The topological polar surface area (TPSA) is 66.1 Å². The summed E-state index contributed by atoms with van der Waals surface area (Å²) in [5.74, 6) is -0.148. The number of nitrogens with one attached hydrogen (secondary N) is 1. The van der Waals surface area contributed by atoms with E-state index in [1.54, 1.807) is 40.8 Å². The van der Waals surface area contributed by atoms with E-state index in [1.807, 2.05) is 48.7 Å². The highest BCUT2D eigenvalue weighted by Crippen LogP contribution is 2.19. The van der Waals surface area contributed by atoms with Crippen LogP contribution in [0.25, 0.3) is 10.9 Å². The third-order valence-electron chi connectivity index (χ3n) is 4.65. The van der Waals surface area contributed by atoms with Crippen LogP contribution in [0.4, 0.5) is 0 Å². The Morgan fingerprint density at radius 1 is 1.14 bits per heavy atom. The maximum absolute atomic E-state index is 13.1. The quantitative estimate of drug-likeness (QED) is 0.558. The summed E-state index contributed by atoms with van der Waals surface area (Å²) in [7, 11) is 0. The van der Waals surface area contributed by atoms with Gasteiger partial charge in [-0.15, -0.1) is 11.3 Å². The van der Waals surface area contributed by atoms with E-state index in [-0.39, 0.29) is 18.0 Å². The van der Waals surface area contributed by atoms with Crippen LogP contribution >= 0.6 is 11.3 Å². The number of thiophene rings is 1. The van der Waals surface area contributed by atoms with Gasteiger partial charge in [-0.25, -0.2) is 0 Å². The summed E-state index contributed by atoms with van der Waals surface area (Å²) in [4.78, 5) is 35.5. The number of hydrogen-bond donors (Lipinski definition) is 1. The van der Waals surface area contributed by atoms with E-state index in [9.17, 15) is 9.59 Å². The van der Waals surface area contributed by atoms with E-state index in [1.165, 1.54) is 0 Å². The Balaban J connectivity index is 1.71. The predicted molar refractivity (Wildman–Crippen MR) is 111 cm³/mol. The second-order valence-corrected chi connectivity index (χ2v) is 7.68. The van der Waals surface area contributed by atoms with Gasteiger partial charge in [-0.3, -0.25) is 14.6 Å². The molecule has 3 aromatic heterocycles. The molecule has 0 unspecified atom stereocenters. The zero-order valence-corrected chi connectivity index (χ0v) is 16.2. The summed E-state index contributed by atoms with van der Waals surface area (Å²) in [6, 6.07) is 15.2. The number of carbonyl (C=O) groups is 1. The molecule has 0 spiro atoms. The lowest BCUT2D eigenvalue weighted by Crippen LogP contribution is -2.32. The maximum atomic E-state index is 13.1. The average molecular weight is 389 g/mol. The Bertz CT molecular complexity index is 1170. The van der Waals surface area contributed by atoms with Gasteiger partial charge in [0.05, 0.1) is 24.2 Å². The van der Waals surface area contributed by atoms with Crippen LogP contribution in [0.5, 0.6) is 0 Å². The molecule has 1 amide bonds. The Hall–Kier alpha value is -3.25. The summed E-state index contributed by atoms with van der Waals surface area (Å²) < 4.78 is 0. The normalized spacial score (nSPS) is 10.9. The third-order valence-corrected chi connectivity index (χ3v) is 5.51. The minimum atomic E-state index is -0.169. The number of hydrogen-bond acceptors (Lipinski definition) is 4. The lowest BCUT2D eigenvalue weighted by atomic mass is 10.1. The van der Waals surface area contributed by atoms with E-state index in [2.05, 4.69) is 9.97 Å². The fraction of sp³-hybridized carbons (Fsp3) is 0.136. The first kappa shape index (κ1) is 18.1. The molecule has 0 atom stereocenters. The second-order valence-electron chi connectivity index (χ2n) is 6.65. The Labute approximate surface area is 166 Å². The molecule has 1 aromatic carbocycles. The van der Waals surface area contributed by atoms with Crippen LogP contribution < -0.4 is 5.56 Å². The van der Waals surface area contributed by atoms with Crippen molar-refractivity contribution >= 4 is 28.1 Å². The summed E-state index contributed by atoms with van der Waals surface area (Å²) in [6.45, 7) is 2.63. The van der Waals surface area contributed by atoms with Gasteiger partial charge in [-0.2, -0.15) is 0 Å². The van der Waals surface area contributed by atoms with Crippen molar-refractivity contribution in [3.05, 3.63) is 98.2 Å². The van der Waals surface area contributed by atoms with Crippen LogP contribution in [0.15, 0.2) is 71.1 Å². The number of aromatic nitrogens is 2. The number of carbonyl (C=O) groups excluding carboxylic acids is 1. The Morgan fingerprint density at radius 2 is 2.04 bits per heavy atom. The Morgan fingerprint density at radius 3 is 2.79 bits per heavy atom. The van der Waals surface area contributed by atoms with Crippen molar-refractivity contribution in [2.24, 2.45) is 0 Å². The fourth-order valence-corrected chi connectivity index (χ4v) is 3.93. The molecule has 1 N–H and O–H groups in total. The van der Waals surface area contributed by atoms with Crippen molar-refractivity contribution in [2.45, 2.75) is 20.0 Å². The van der Waals surface area contributed by atoms with Crippen molar-refractivity contribution in [2.75, 3.05) is 0 Å². The highest BCUT2D eigenvalue weighted by atomic mass is 32.1. The first-order chi connectivity index (χ1) is 13.6. The van der Waals surface area contributed by atoms with Gasteiger partial charge in [0.25, 0.3) is 11.5 Å². The van der Waals surface area contributed by atoms with Crippen LogP contribution in [-0.2, 0) is 13.1 Å². The molecule has 0 aliphatic carbocycles. The van der Waals surface area contributed by atoms with Crippen LogP contribution in [-0.4, -0.2) is 20.8 Å². The van der Waals surface area contributed by atoms with Crippen LogP contribution in [0.1, 0.15) is 26.4 Å². The minimum absolute atomic E-state index is 0.148. The van der Waals surface area contributed by atoms with Crippen molar-refractivity contribution in [3.63, 3.8) is 0 Å². The molecule has 0 saturated carbocycles. The molecule has 4 rings (SSSR count). The zero-order chi connectivity index (χ0) is 19.5. The van der Waals surface area contributed by atoms with Gasteiger partial charge in [0.1, 0.15) is 0 Å². The number of rotatable bonds is 5. The summed E-state index contributed by atoms with van der Waals surface area (Å²) >= 11 is 1.59. The maximum Gasteiger partial charge on any atom is 0.256 e. The summed E-state index contributed by atoms with van der Waals surface area (Å²) in [6.07, 6.45) is 3.19. The number of amides is 1. The SMILES string of the molecule is Cc1cccc2cc(CN(Cc3cccs3)C(=O)c3cccnc3)c(=O)[nH]c12. The smallest absolute Gasteiger partial charge is 0.256 e. The van der Waals surface area contributed by atoms with Crippen LogP contribution in [0.3, 0.4) is 0 Å². The van der Waals surface area contributed by atoms with E-state index in [0.29, 0.717) is 17.7 Å². The molecule has 0 radical (unpaired) electrons. The molecular weight excluding hydrogens is 370 g/mol.